The molecule has 3 aromatic rings. The van der Waals surface area contributed by atoms with Gasteiger partial charge in [0.15, 0.2) is 0 Å². The van der Waals surface area contributed by atoms with Crippen molar-refractivity contribution in [1.82, 2.24) is 29.4 Å². The molecule has 14 nitrogen and oxygen atoms in total. The van der Waals surface area contributed by atoms with Gasteiger partial charge in [0, 0.05) is 23.8 Å². The smallest absolute Gasteiger partial charge is 0.493 e. The van der Waals surface area contributed by atoms with Crippen molar-refractivity contribution in [1.29, 1.82) is 0 Å². The van der Waals surface area contributed by atoms with E-state index in [2.05, 4.69) is 10.3 Å². The SMILES string of the molecule is CN1CC(=O)OB(c2cn(Cc3ccc4cc(CN(CC5CCC5)C(=O)OC(C)(C)C)n(C(=O)OC(C)(C)C)c4c3)nn2)OC(=O)C1. The summed E-state index contributed by atoms with van der Waals surface area (Å²) < 4.78 is 25.2. The van der Waals surface area contributed by atoms with Crippen LogP contribution in [0.5, 0.6) is 0 Å². The molecule has 1 aliphatic heterocycles. The lowest BCUT2D eigenvalue weighted by Gasteiger charge is -2.33. The number of ether oxygens (including phenoxy) is 2. The van der Waals surface area contributed by atoms with E-state index in [4.69, 9.17) is 18.8 Å². The van der Waals surface area contributed by atoms with Crippen LogP contribution in [0.25, 0.3) is 10.9 Å². The number of fused-ring (bicyclic) bond motifs is 1. The Morgan fingerprint density at radius 3 is 2.26 bits per heavy atom. The van der Waals surface area contributed by atoms with Crippen LogP contribution in [0.2, 0.25) is 0 Å². The molecule has 0 atom stereocenters. The van der Waals surface area contributed by atoms with Crippen molar-refractivity contribution in [3.8, 4) is 0 Å². The lowest BCUT2D eigenvalue weighted by Crippen LogP contribution is -2.48. The third-order valence-electron chi connectivity index (χ3n) is 7.65. The van der Waals surface area contributed by atoms with Crippen molar-refractivity contribution < 1.29 is 38.0 Å². The molecule has 0 bridgehead atoms. The third-order valence-corrected chi connectivity index (χ3v) is 7.65. The molecule has 3 heterocycles. The van der Waals surface area contributed by atoms with E-state index in [1.165, 1.54) is 20.3 Å². The summed E-state index contributed by atoms with van der Waals surface area (Å²) in [4.78, 5) is 54.6. The molecule has 0 unspecified atom stereocenters. The van der Waals surface area contributed by atoms with E-state index in [-0.39, 0.29) is 31.8 Å². The van der Waals surface area contributed by atoms with Gasteiger partial charge in [0.1, 0.15) is 16.8 Å². The number of benzene rings is 1. The number of aromatic nitrogens is 4. The number of likely N-dealkylation sites (N-methyl/N-ethyl adjacent to an activating group) is 1. The Morgan fingerprint density at radius 2 is 1.66 bits per heavy atom. The van der Waals surface area contributed by atoms with Crippen LogP contribution < -0.4 is 5.59 Å². The minimum atomic E-state index is -1.31. The predicted octanol–water partition coefficient (Wildman–Crippen LogP) is 3.33. The normalized spacial score (nSPS) is 16.6. The van der Waals surface area contributed by atoms with Crippen LogP contribution >= 0.6 is 0 Å². The van der Waals surface area contributed by atoms with Crippen molar-refractivity contribution in [2.75, 3.05) is 26.7 Å². The second kappa shape index (κ2) is 13.4. The first kappa shape index (κ1) is 34.0. The molecule has 1 aliphatic carbocycles. The van der Waals surface area contributed by atoms with Crippen LogP contribution in [0.4, 0.5) is 9.59 Å². The number of hydrogen-bond acceptors (Lipinski definition) is 11. The average Bonchev–Trinajstić information content (AvgIpc) is 3.50. The molecule has 252 valence electrons. The highest BCUT2D eigenvalue weighted by molar-refractivity contribution is 6.63. The van der Waals surface area contributed by atoms with Gasteiger partial charge in [-0.05, 0) is 85.0 Å². The fraction of sp³-hybridized carbons (Fsp3) is 0.562. The molecule has 1 amide bonds. The van der Waals surface area contributed by atoms with Crippen LogP contribution in [-0.2, 0) is 41.5 Å². The van der Waals surface area contributed by atoms with Crippen LogP contribution in [0, 0.1) is 5.92 Å². The molecule has 0 N–H and O–H groups in total. The summed E-state index contributed by atoms with van der Waals surface area (Å²) in [7, 11) is 0.310. The minimum Gasteiger partial charge on any atom is -0.493 e. The van der Waals surface area contributed by atoms with Gasteiger partial charge in [0.25, 0.3) is 0 Å². The zero-order chi connectivity index (χ0) is 34.1. The molecule has 0 radical (unpaired) electrons. The first-order valence-electron chi connectivity index (χ1n) is 15.8. The van der Waals surface area contributed by atoms with Gasteiger partial charge in [0.2, 0.25) is 0 Å². The first-order chi connectivity index (χ1) is 22.0. The van der Waals surface area contributed by atoms with Gasteiger partial charge < -0.3 is 23.7 Å². The van der Waals surface area contributed by atoms with Gasteiger partial charge >= 0.3 is 31.2 Å². The quantitative estimate of drug-likeness (QED) is 0.347. The summed E-state index contributed by atoms with van der Waals surface area (Å²) in [6.07, 6.45) is 3.78. The molecule has 1 saturated heterocycles. The van der Waals surface area contributed by atoms with Gasteiger partial charge in [-0.1, -0.05) is 23.8 Å². The molecule has 47 heavy (non-hydrogen) atoms. The lowest BCUT2D eigenvalue weighted by atomic mass is 9.85. The maximum atomic E-state index is 13.7. The predicted molar refractivity (Wildman–Crippen MR) is 172 cm³/mol. The zero-order valence-electron chi connectivity index (χ0n) is 28.1. The fourth-order valence-electron chi connectivity index (χ4n) is 5.39. The summed E-state index contributed by atoms with van der Waals surface area (Å²) in [5.74, 6) is -0.722. The van der Waals surface area contributed by atoms with Gasteiger partial charge in [-0.25, -0.2) is 18.8 Å². The largest absolute Gasteiger partial charge is 0.659 e. The number of nitrogens with zero attached hydrogens (tertiary/aromatic N) is 6. The summed E-state index contributed by atoms with van der Waals surface area (Å²) in [6, 6.07) is 7.55. The van der Waals surface area contributed by atoms with E-state index in [9.17, 15) is 19.2 Å². The van der Waals surface area contributed by atoms with Crippen molar-refractivity contribution in [2.24, 2.45) is 5.92 Å². The van der Waals surface area contributed by atoms with Crippen molar-refractivity contribution in [2.45, 2.75) is 85.1 Å². The van der Waals surface area contributed by atoms with E-state index < -0.39 is 42.4 Å². The van der Waals surface area contributed by atoms with Gasteiger partial charge in [-0.2, -0.15) is 0 Å². The van der Waals surface area contributed by atoms with Gasteiger partial charge in [-0.15, -0.1) is 5.10 Å². The van der Waals surface area contributed by atoms with Crippen molar-refractivity contribution in [3.05, 3.63) is 41.7 Å². The van der Waals surface area contributed by atoms with Crippen LogP contribution in [0.1, 0.15) is 72.1 Å². The van der Waals surface area contributed by atoms with E-state index in [0.29, 0.717) is 23.7 Å². The Labute approximate surface area is 274 Å². The summed E-state index contributed by atoms with van der Waals surface area (Å²) in [5.41, 5.74) is 0.736. The fourth-order valence-corrected chi connectivity index (χ4v) is 5.39. The summed E-state index contributed by atoms with van der Waals surface area (Å²) in [5, 5.41) is 9.01. The van der Waals surface area contributed by atoms with Crippen molar-refractivity contribution in [3.63, 3.8) is 0 Å². The maximum Gasteiger partial charge on any atom is 0.659 e. The summed E-state index contributed by atoms with van der Waals surface area (Å²) in [6.45, 7) is 11.7. The number of carbonyl (C=O) groups excluding carboxylic acids is 4. The highest BCUT2D eigenvalue weighted by atomic mass is 16.6. The highest BCUT2D eigenvalue weighted by Gasteiger charge is 2.37. The topological polar surface area (TPSA) is 147 Å². The Kier molecular flexibility index (Phi) is 9.67. The minimum absolute atomic E-state index is 0.0604. The molecule has 2 aromatic heterocycles. The molecule has 5 rings (SSSR count). The second-order valence-electron chi connectivity index (χ2n) is 14.3. The Balaban J connectivity index is 1.43. The van der Waals surface area contributed by atoms with Crippen LogP contribution in [0.3, 0.4) is 0 Å². The average molecular weight is 651 g/mol. The molecule has 1 aromatic carbocycles. The van der Waals surface area contributed by atoms with E-state index in [0.717, 1.165) is 30.2 Å². The Hall–Kier alpha value is -4.40. The maximum absolute atomic E-state index is 13.7. The van der Waals surface area contributed by atoms with Crippen molar-refractivity contribution >= 4 is 47.7 Å². The highest BCUT2D eigenvalue weighted by Crippen LogP contribution is 2.30. The molecule has 1 saturated carbocycles. The van der Waals surface area contributed by atoms with E-state index in [1.54, 1.807) is 32.7 Å². The zero-order valence-corrected chi connectivity index (χ0v) is 28.1. The second-order valence-corrected chi connectivity index (χ2v) is 14.3. The number of rotatable bonds is 7. The number of carbonyl (C=O) groups is 4. The van der Waals surface area contributed by atoms with E-state index in [1.807, 2.05) is 45.0 Å². The number of hydrogen-bond donors (Lipinski definition) is 0. The summed E-state index contributed by atoms with van der Waals surface area (Å²) >= 11 is 0. The Morgan fingerprint density at radius 1 is 1.00 bits per heavy atom. The monoisotopic (exact) mass is 650 g/mol. The molecule has 2 aliphatic rings. The molecule has 0 spiro atoms. The molecular formula is C32H43BN6O8. The third kappa shape index (κ3) is 8.91. The molecule has 2 fully saturated rings. The molecule has 15 heteroatoms. The first-order valence-corrected chi connectivity index (χ1v) is 15.8. The van der Waals surface area contributed by atoms with Crippen LogP contribution in [0.15, 0.2) is 30.5 Å². The van der Waals surface area contributed by atoms with Gasteiger partial charge in [0.05, 0.1) is 31.7 Å². The van der Waals surface area contributed by atoms with E-state index >= 15 is 0 Å². The lowest BCUT2D eigenvalue weighted by molar-refractivity contribution is -0.145. The van der Waals surface area contributed by atoms with Gasteiger partial charge in [-0.3, -0.25) is 14.5 Å². The molecular weight excluding hydrogens is 607 g/mol. The standard InChI is InChI=1S/C32H43BN6O8/c1-31(2,3)44-29(42)37(15-21-9-8-10-21)17-24-14-23-12-11-22(13-25(23)39(24)30(43)45-32(4,5)6)16-38-18-26(34-35-38)33-46-27(40)19-36(7)20-28(41)47-33/h11-14,18,21H,8-10,15-17,19-20H2,1-7H3. The van der Waals surface area contributed by atoms with Crippen LogP contribution in [-0.4, -0.2) is 98.5 Å². The Bertz CT molecular complexity index is 1630. The number of amides is 1.